The molecule has 36 heavy (non-hydrogen) atoms. The predicted octanol–water partition coefficient (Wildman–Crippen LogP) is 3.15. The lowest BCUT2D eigenvalue weighted by Gasteiger charge is -2.20. The quantitative estimate of drug-likeness (QED) is 0.298. The number of benzene rings is 1. The molecule has 0 aliphatic rings. The Morgan fingerprint density at radius 2 is 1.92 bits per heavy atom. The van der Waals surface area contributed by atoms with Crippen LogP contribution in [0.3, 0.4) is 0 Å². The molecule has 12 heteroatoms. The highest BCUT2D eigenvalue weighted by Gasteiger charge is 2.27. The van der Waals surface area contributed by atoms with Crippen molar-refractivity contribution in [3.8, 4) is 11.5 Å². The van der Waals surface area contributed by atoms with Crippen molar-refractivity contribution in [3.05, 3.63) is 74.8 Å². The highest BCUT2D eigenvalue weighted by atomic mass is 79.9. The number of aromatic nitrogens is 5. The fraction of sp³-hybridized carbons (Fsp3) is 0.333. The number of aryl methyl sites for hydroxylation is 1. The summed E-state index contributed by atoms with van der Waals surface area (Å²) in [6, 6.07) is 6.06. The molecule has 0 bridgehead atoms. The maximum Gasteiger partial charge on any atom is 0.331 e. The van der Waals surface area contributed by atoms with Gasteiger partial charge in [-0.3, -0.25) is 19.1 Å². The Morgan fingerprint density at radius 3 is 2.58 bits per heavy atom. The topological polar surface area (TPSA) is 118 Å². The van der Waals surface area contributed by atoms with Crippen molar-refractivity contribution < 1.29 is 17.9 Å². The van der Waals surface area contributed by atoms with Crippen molar-refractivity contribution in [2.75, 3.05) is 25.7 Å². The standard InChI is InChI=1S/C24H26BrN5O5S/c1-5-35-22-8-16(6-7-21(22)34-3)20(14-36(4,32)33)30-23-19(9-17(25)11-27-23)29(24(30)31)13-18-12-26-10-15(2)28-18/h6-12,20H,5,13-14H2,1-4H3/t20-/m1/s1. The molecule has 10 nitrogen and oxygen atoms in total. The molecule has 3 aromatic heterocycles. The first-order valence-electron chi connectivity index (χ1n) is 11.1. The van der Waals surface area contributed by atoms with Gasteiger partial charge in [0.15, 0.2) is 17.1 Å². The van der Waals surface area contributed by atoms with Crippen molar-refractivity contribution in [3.63, 3.8) is 0 Å². The summed E-state index contributed by atoms with van der Waals surface area (Å²) in [5.74, 6) is 0.651. The van der Waals surface area contributed by atoms with Crippen molar-refractivity contribution in [1.29, 1.82) is 0 Å². The summed E-state index contributed by atoms with van der Waals surface area (Å²) in [6.45, 7) is 4.20. The SMILES string of the molecule is CCOc1cc([C@@H](CS(C)(=O)=O)n2c(=O)n(Cc3cncc(C)n3)c3cc(Br)cnc32)ccc1OC. The van der Waals surface area contributed by atoms with Crippen molar-refractivity contribution in [2.45, 2.75) is 26.4 Å². The van der Waals surface area contributed by atoms with E-state index in [9.17, 15) is 13.2 Å². The van der Waals surface area contributed by atoms with Gasteiger partial charge in [-0.05, 0) is 53.5 Å². The third-order valence-corrected chi connectivity index (χ3v) is 6.89. The van der Waals surface area contributed by atoms with E-state index < -0.39 is 21.6 Å². The molecule has 1 atom stereocenters. The number of methoxy groups -OCH3 is 1. The number of rotatable bonds is 9. The molecular weight excluding hydrogens is 550 g/mol. The van der Waals surface area contributed by atoms with Crippen molar-refractivity contribution >= 4 is 36.9 Å². The number of imidazole rings is 1. The zero-order chi connectivity index (χ0) is 26.0. The molecule has 0 amide bonds. The third kappa shape index (κ3) is 5.44. The maximum absolute atomic E-state index is 13.9. The van der Waals surface area contributed by atoms with E-state index in [1.165, 1.54) is 16.2 Å². The maximum atomic E-state index is 13.9. The van der Waals surface area contributed by atoms with Crippen molar-refractivity contribution in [1.82, 2.24) is 24.1 Å². The summed E-state index contributed by atoms with van der Waals surface area (Å²) in [5.41, 5.74) is 2.37. The number of sulfone groups is 1. The Labute approximate surface area is 217 Å². The highest BCUT2D eigenvalue weighted by Crippen LogP contribution is 2.33. The Hall–Kier alpha value is -3.25. The minimum Gasteiger partial charge on any atom is -0.493 e. The summed E-state index contributed by atoms with van der Waals surface area (Å²) < 4.78 is 39.8. The fourth-order valence-corrected chi connectivity index (χ4v) is 5.33. The molecule has 0 fully saturated rings. The molecule has 0 spiro atoms. The van der Waals surface area contributed by atoms with Gasteiger partial charge in [-0.2, -0.15) is 0 Å². The lowest BCUT2D eigenvalue weighted by Crippen LogP contribution is -2.32. The second kappa shape index (κ2) is 10.4. The smallest absolute Gasteiger partial charge is 0.331 e. The van der Waals surface area contributed by atoms with E-state index in [1.54, 1.807) is 42.9 Å². The first-order chi connectivity index (χ1) is 17.1. The average Bonchev–Trinajstić information content (AvgIpc) is 3.07. The summed E-state index contributed by atoms with van der Waals surface area (Å²) in [4.78, 5) is 27.0. The molecule has 4 rings (SSSR count). The van der Waals surface area contributed by atoms with Crippen LogP contribution in [0.4, 0.5) is 0 Å². The number of nitrogens with zero attached hydrogens (tertiary/aromatic N) is 5. The van der Waals surface area contributed by atoms with Crippen LogP contribution in [0.1, 0.15) is 29.9 Å². The van der Waals surface area contributed by atoms with Crippen LogP contribution in [0, 0.1) is 6.92 Å². The monoisotopic (exact) mass is 575 g/mol. The Balaban J connectivity index is 1.96. The summed E-state index contributed by atoms with van der Waals surface area (Å²) in [6.07, 6.45) is 5.95. The highest BCUT2D eigenvalue weighted by molar-refractivity contribution is 9.10. The Kier molecular flexibility index (Phi) is 7.46. The van der Waals surface area contributed by atoms with Gasteiger partial charge in [0.25, 0.3) is 0 Å². The minimum absolute atomic E-state index is 0.146. The van der Waals surface area contributed by atoms with Gasteiger partial charge in [-0.15, -0.1) is 0 Å². The van der Waals surface area contributed by atoms with E-state index in [-0.39, 0.29) is 12.3 Å². The molecule has 0 N–H and O–H groups in total. The van der Waals surface area contributed by atoms with Crippen LogP contribution in [0.5, 0.6) is 11.5 Å². The van der Waals surface area contributed by atoms with Gasteiger partial charge >= 0.3 is 5.69 Å². The van der Waals surface area contributed by atoms with Crippen LogP contribution >= 0.6 is 15.9 Å². The van der Waals surface area contributed by atoms with Crippen LogP contribution in [-0.4, -0.2) is 58.2 Å². The van der Waals surface area contributed by atoms with E-state index in [0.717, 1.165) is 11.9 Å². The number of fused-ring (bicyclic) bond motifs is 1. The lowest BCUT2D eigenvalue weighted by molar-refractivity contribution is 0.310. The van der Waals surface area contributed by atoms with Gasteiger partial charge in [-0.25, -0.2) is 18.2 Å². The van der Waals surface area contributed by atoms with Crippen LogP contribution < -0.4 is 15.2 Å². The van der Waals surface area contributed by atoms with Crippen LogP contribution in [0.25, 0.3) is 11.2 Å². The second-order valence-corrected chi connectivity index (χ2v) is 11.4. The van der Waals surface area contributed by atoms with Crippen LogP contribution in [0.2, 0.25) is 0 Å². The zero-order valence-electron chi connectivity index (χ0n) is 20.3. The van der Waals surface area contributed by atoms with Gasteiger partial charge in [-0.1, -0.05) is 6.07 Å². The fourth-order valence-electron chi connectivity index (χ4n) is 4.09. The zero-order valence-corrected chi connectivity index (χ0v) is 22.7. The molecule has 0 saturated heterocycles. The van der Waals surface area contributed by atoms with Crippen LogP contribution in [0.15, 0.2) is 52.1 Å². The van der Waals surface area contributed by atoms with Gasteiger partial charge in [0.1, 0.15) is 9.84 Å². The lowest BCUT2D eigenvalue weighted by atomic mass is 10.1. The number of pyridine rings is 1. The second-order valence-electron chi connectivity index (χ2n) is 8.34. The first kappa shape index (κ1) is 25.8. The van der Waals surface area contributed by atoms with Gasteiger partial charge in [0.05, 0.1) is 55.2 Å². The number of hydrogen-bond donors (Lipinski definition) is 0. The minimum atomic E-state index is -3.51. The van der Waals surface area contributed by atoms with E-state index >= 15 is 0 Å². The number of halogens is 1. The molecule has 1 aromatic carbocycles. The predicted molar refractivity (Wildman–Crippen MR) is 140 cm³/mol. The number of ether oxygens (including phenoxy) is 2. The number of hydrogen-bond acceptors (Lipinski definition) is 8. The molecule has 190 valence electrons. The average molecular weight is 576 g/mol. The third-order valence-electron chi connectivity index (χ3n) is 5.54. The molecule has 0 saturated carbocycles. The molecule has 0 aliphatic heterocycles. The van der Waals surface area contributed by atoms with Gasteiger partial charge < -0.3 is 9.47 Å². The summed E-state index contributed by atoms with van der Waals surface area (Å²) in [5, 5.41) is 0. The molecule has 0 aliphatic carbocycles. The largest absolute Gasteiger partial charge is 0.493 e. The van der Waals surface area contributed by atoms with E-state index in [4.69, 9.17) is 9.47 Å². The van der Waals surface area contributed by atoms with E-state index in [2.05, 4.69) is 30.9 Å². The summed E-state index contributed by atoms with van der Waals surface area (Å²) in [7, 11) is -1.98. The molecule has 0 unspecified atom stereocenters. The molecular formula is C24H26BrN5O5S. The van der Waals surface area contributed by atoms with Crippen molar-refractivity contribution in [2.24, 2.45) is 0 Å². The van der Waals surface area contributed by atoms with E-state index in [1.807, 2.05) is 13.8 Å². The Morgan fingerprint density at radius 1 is 1.14 bits per heavy atom. The summed E-state index contributed by atoms with van der Waals surface area (Å²) >= 11 is 3.43. The normalized spacial score (nSPS) is 12.6. The Bertz CT molecular complexity index is 1580. The first-order valence-corrected chi connectivity index (χ1v) is 14.0. The molecule has 3 heterocycles. The van der Waals surface area contributed by atoms with Gasteiger partial charge in [0, 0.05) is 23.1 Å². The molecule has 4 aromatic rings. The van der Waals surface area contributed by atoms with E-state index in [0.29, 0.717) is 45.0 Å². The van der Waals surface area contributed by atoms with Crippen LogP contribution in [-0.2, 0) is 16.4 Å². The van der Waals surface area contributed by atoms with Gasteiger partial charge in [0.2, 0.25) is 0 Å². The molecule has 0 radical (unpaired) electrons.